The molecule has 0 amide bonds. The third-order valence-corrected chi connectivity index (χ3v) is 5.95. The van der Waals surface area contributed by atoms with E-state index >= 15 is 0 Å². The summed E-state index contributed by atoms with van der Waals surface area (Å²) in [5, 5.41) is 0. The van der Waals surface area contributed by atoms with Crippen molar-refractivity contribution in [2.45, 2.75) is 17.9 Å². The maximum Gasteiger partial charge on any atom is 0.241 e. The number of methoxy groups -OCH3 is 1. The van der Waals surface area contributed by atoms with Gasteiger partial charge in [0.05, 0.1) is 12.0 Å². The van der Waals surface area contributed by atoms with E-state index in [0.29, 0.717) is 28.5 Å². The molecule has 0 heterocycles. The molecule has 0 aliphatic rings. The minimum atomic E-state index is -4.05. The molecule has 0 spiro atoms. The Labute approximate surface area is 167 Å². The second-order valence-electron chi connectivity index (χ2n) is 6.39. The fourth-order valence-corrected chi connectivity index (χ4v) is 4.11. The van der Waals surface area contributed by atoms with Crippen LogP contribution in [0.1, 0.15) is 18.5 Å². The lowest BCUT2D eigenvalue weighted by atomic mass is 10.0. The highest BCUT2D eigenvalue weighted by atomic mass is 32.2. The third kappa shape index (κ3) is 4.60. The smallest absolute Gasteiger partial charge is 0.241 e. The van der Waals surface area contributed by atoms with Gasteiger partial charge in [0.2, 0.25) is 10.0 Å². The van der Waals surface area contributed by atoms with E-state index in [1.54, 1.807) is 31.2 Å². The maximum absolute atomic E-state index is 13.6. The topological polar surface area (TPSA) is 55.4 Å². The summed E-state index contributed by atoms with van der Waals surface area (Å²) in [4.78, 5) is -0.371. The van der Waals surface area contributed by atoms with E-state index in [1.165, 1.54) is 25.3 Å². The van der Waals surface area contributed by atoms with Gasteiger partial charge in [-0.25, -0.2) is 26.3 Å². The van der Waals surface area contributed by atoms with Crippen LogP contribution in [0.3, 0.4) is 0 Å². The lowest BCUT2D eigenvalue weighted by Crippen LogP contribution is -2.27. The molecule has 3 rings (SSSR count). The Bertz CT molecular complexity index is 1130. The van der Waals surface area contributed by atoms with Gasteiger partial charge >= 0.3 is 0 Å². The third-order valence-electron chi connectivity index (χ3n) is 4.42. The first kappa shape index (κ1) is 20.9. The molecule has 0 saturated carbocycles. The molecule has 0 radical (unpaired) electrons. The molecule has 152 valence electrons. The summed E-state index contributed by atoms with van der Waals surface area (Å²) in [7, 11) is -2.57. The first-order valence-electron chi connectivity index (χ1n) is 8.62. The zero-order valence-electron chi connectivity index (χ0n) is 15.6. The average Bonchev–Trinajstić information content (AvgIpc) is 2.69. The van der Waals surface area contributed by atoms with E-state index in [-0.39, 0.29) is 4.90 Å². The molecule has 29 heavy (non-hydrogen) atoms. The summed E-state index contributed by atoms with van der Waals surface area (Å²) in [6.07, 6.45) is 0. The number of nitrogens with one attached hydrogen (secondary N) is 1. The van der Waals surface area contributed by atoms with Gasteiger partial charge in [-0.05, 0) is 54.4 Å². The minimum absolute atomic E-state index is 0.371. The predicted molar refractivity (Wildman–Crippen MR) is 103 cm³/mol. The molecule has 3 aromatic carbocycles. The Kier molecular flexibility index (Phi) is 5.95. The van der Waals surface area contributed by atoms with Crippen LogP contribution in [0.5, 0.6) is 5.75 Å². The van der Waals surface area contributed by atoms with Gasteiger partial charge in [-0.15, -0.1) is 0 Å². The second-order valence-corrected chi connectivity index (χ2v) is 8.10. The van der Waals surface area contributed by atoms with Gasteiger partial charge in [-0.1, -0.05) is 24.3 Å². The summed E-state index contributed by atoms with van der Waals surface area (Å²) in [6.45, 7) is 1.62. The molecule has 0 aromatic heterocycles. The monoisotopic (exact) mass is 421 g/mol. The van der Waals surface area contributed by atoms with Gasteiger partial charge in [0.15, 0.2) is 11.6 Å². The van der Waals surface area contributed by atoms with Crippen molar-refractivity contribution >= 4 is 10.0 Å². The zero-order valence-corrected chi connectivity index (χ0v) is 16.4. The summed E-state index contributed by atoms with van der Waals surface area (Å²) >= 11 is 0. The molecule has 0 saturated heterocycles. The molecule has 0 bridgehead atoms. The van der Waals surface area contributed by atoms with Crippen LogP contribution in [0.4, 0.5) is 13.2 Å². The zero-order chi connectivity index (χ0) is 21.2. The number of sulfonamides is 1. The maximum atomic E-state index is 13.6. The lowest BCUT2D eigenvalue weighted by Gasteiger charge is -2.16. The van der Waals surface area contributed by atoms with Crippen molar-refractivity contribution in [1.29, 1.82) is 0 Å². The van der Waals surface area contributed by atoms with Gasteiger partial charge in [-0.2, -0.15) is 0 Å². The van der Waals surface area contributed by atoms with Crippen molar-refractivity contribution in [2.75, 3.05) is 7.11 Å². The molecular formula is C21H18F3NO3S. The Morgan fingerprint density at radius 1 is 0.897 bits per heavy atom. The van der Waals surface area contributed by atoms with Crippen molar-refractivity contribution in [2.24, 2.45) is 0 Å². The van der Waals surface area contributed by atoms with Gasteiger partial charge in [0.1, 0.15) is 11.6 Å². The molecule has 0 fully saturated rings. The second kappa shape index (κ2) is 8.26. The predicted octanol–water partition coefficient (Wildman–Crippen LogP) is 4.82. The SMILES string of the molecule is COc1ccc(F)cc1-c1ccc([C@@H](C)NS(=O)(=O)c2ccc(F)c(F)c2)cc1. The molecular weight excluding hydrogens is 403 g/mol. The van der Waals surface area contributed by atoms with Gasteiger partial charge in [-0.3, -0.25) is 0 Å². The van der Waals surface area contributed by atoms with Gasteiger partial charge in [0.25, 0.3) is 0 Å². The van der Waals surface area contributed by atoms with E-state index in [9.17, 15) is 21.6 Å². The van der Waals surface area contributed by atoms with Crippen LogP contribution in [0.25, 0.3) is 11.1 Å². The number of benzene rings is 3. The normalized spacial score (nSPS) is 12.6. The molecule has 1 N–H and O–H groups in total. The highest BCUT2D eigenvalue weighted by Gasteiger charge is 2.20. The van der Waals surface area contributed by atoms with Crippen LogP contribution in [-0.4, -0.2) is 15.5 Å². The Hall–Kier alpha value is -2.84. The minimum Gasteiger partial charge on any atom is -0.496 e. The largest absolute Gasteiger partial charge is 0.496 e. The quantitative estimate of drug-likeness (QED) is 0.621. The van der Waals surface area contributed by atoms with Crippen molar-refractivity contribution in [3.63, 3.8) is 0 Å². The fraction of sp³-hybridized carbons (Fsp3) is 0.143. The molecule has 4 nitrogen and oxygen atoms in total. The number of hydrogen-bond acceptors (Lipinski definition) is 3. The highest BCUT2D eigenvalue weighted by molar-refractivity contribution is 7.89. The van der Waals surface area contributed by atoms with Crippen molar-refractivity contribution in [1.82, 2.24) is 4.72 Å². The van der Waals surface area contributed by atoms with Crippen molar-refractivity contribution in [3.8, 4) is 16.9 Å². The summed E-state index contributed by atoms with van der Waals surface area (Å²) in [5.74, 6) is -2.27. The van der Waals surface area contributed by atoms with E-state index < -0.39 is 33.5 Å². The molecule has 3 aromatic rings. The summed E-state index contributed by atoms with van der Waals surface area (Å²) < 4.78 is 72.5. The van der Waals surface area contributed by atoms with Crippen LogP contribution in [0, 0.1) is 17.5 Å². The number of hydrogen-bond donors (Lipinski definition) is 1. The van der Waals surface area contributed by atoms with Crippen molar-refractivity contribution in [3.05, 3.63) is 83.7 Å². The number of ether oxygens (including phenoxy) is 1. The fourth-order valence-electron chi connectivity index (χ4n) is 2.87. The van der Waals surface area contributed by atoms with Crippen LogP contribution in [0.2, 0.25) is 0 Å². The molecule has 0 unspecified atom stereocenters. The Balaban J connectivity index is 1.83. The Morgan fingerprint density at radius 2 is 1.59 bits per heavy atom. The van der Waals surface area contributed by atoms with Crippen LogP contribution >= 0.6 is 0 Å². The standard InChI is InChI=1S/C21H18F3NO3S/c1-13(25-29(26,27)17-8-9-19(23)20(24)12-17)14-3-5-15(6-4-14)18-11-16(22)7-10-21(18)28-2/h3-13,25H,1-2H3/t13-/m1/s1. The first-order valence-corrected chi connectivity index (χ1v) is 10.1. The van der Waals surface area contributed by atoms with Gasteiger partial charge in [0, 0.05) is 11.6 Å². The molecule has 1 atom stereocenters. The molecule has 8 heteroatoms. The number of halogens is 3. The summed E-state index contributed by atoms with van der Waals surface area (Å²) in [5.41, 5.74) is 1.89. The van der Waals surface area contributed by atoms with E-state index in [0.717, 1.165) is 12.1 Å². The Morgan fingerprint density at radius 3 is 2.21 bits per heavy atom. The van der Waals surface area contributed by atoms with Crippen LogP contribution < -0.4 is 9.46 Å². The van der Waals surface area contributed by atoms with Crippen molar-refractivity contribution < 1.29 is 26.3 Å². The highest BCUT2D eigenvalue weighted by Crippen LogP contribution is 2.31. The number of rotatable bonds is 6. The average molecular weight is 421 g/mol. The lowest BCUT2D eigenvalue weighted by molar-refractivity contribution is 0.415. The molecule has 0 aliphatic heterocycles. The van der Waals surface area contributed by atoms with Crippen LogP contribution in [-0.2, 0) is 10.0 Å². The molecule has 0 aliphatic carbocycles. The van der Waals surface area contributed by atoms with E-state index in [4.69, 9.17) is 4.74 Å². The first-order chi connectivity index (χ1) is 13.7. The van der Waals surface area contributed by atoms with Gasteiger partial charge < -0.3 is 4.74 Å². The van der Waals surface area contributed by atoms with Crippen LogP contribution in [0.15, 0.2) is 65.6 Å². The summed E-state index contributed by atoms with van der Waals surface area (Å²) in [6, 6.07) is 12.7. The van der Waals surface area contributed by atoms with E-state index in [1.807, 2.05) is 0 Å². The van der Waals surface area contributed by atoms with E-state index in [2.05, 4.69) is 4.72 Å².